The van der Waals surface area contributed by atoms with E-state index in [1.807, 2.05) is 0 Å². The summed E-state index contributed by atoms with van der Waals surface area (Å²) in [7, 11) is 0. The highest BCUT2D eigenvalue weighted by Crippen LogP contribution is 1.97. The Morgan fingerprint density at radius 3 is 3.12 bits per heavy atom. The number of nitrogens with zero attached hydrogens (tertiary/aromatic N) is 3. The van der Waals surface area contributed by atoms with E-state index in [9.17, 15) is 4.79 Å². The number of aromatic amines is 1. The first-order valence-corrected chi connectivity index (χ1v) is 4.77. The maximum Gasteiger partial charge on any atom is 0.242 e. The van der Waals surface area contributed by atoms with Crippen LogP contribution in [0.25, 0.3) is 0 Å². The van der Waals surface area contributed by atoms with E-state index < -0.39 is 0 Å². The van der Waals surface area contributed by atoms with Gasteiger partial charge in [-0.3, -0.25) is 14.6 Å². The van der Waals surface area contributed by atoms with Crippen molar-refractivity contribution in [2.45, 2.75) is 13.1 Å². The van der Waals surface area contributed by atoms with Crippen molar-refractivity contribution in [1.82, 2.24) is 25.3 Å². The number of nitrogen functional groups attached to an aromatic ring is 1. The van der Waals surface area contributed by atoms with Gasteiger partial charge in [-0.05, 0) is 6.07 Å². The monoisotopic (exact) mass is 220 g/mol. The molecular formula is C9H12N6O. The number of carbonyl (C=O) groups excluding carboxylic acids is 1. The summed E-state index contributed by atoms with van der Waals surface area (Å²) in [5.41, 5.74) is 6.88. The fourth-order valence-corrected chi connectivity index (χ4v) is 1.25. The summed E-state index contributed by atoms with van der Waals surface area (Å²) in [6, 6.07) is 1.80. The van der Waals surface area contributed by atoms with Crippen molar-refractivity contribution in [1.29, 1.82) is 0 Å². The predicted octanol–water partition coefficient (Wildman–Crippen LogP) is -0.495. The molecule has 2 aromatic rings. The fraction of sp³-hybridized carbons (Fsp3) is 0.222. The molecule has 0 aliphatic heterocycles. The molecule has 4 N–H and O–H groups in total. The number of rotatable bonds is 4. The first-order chi connectivity index (χ1) is 7.74. The zero-order chi connectivity index (χ0) is 11.4. The van der Waals surface area contributed by atoms with Gasteiger partial charge in [0.15, 0.2) is 0 Å². The van der Waals surface area contributed by atoms with Crippen LogP contribution >= 0.6 is 0 Å². The third kappa shape index (κ3) is 2.59. The third-order valence-electron chi connectivity index (χ3n) is 1.99. The summed E-state index contributed by atoms with van der Waals surface area (Å²) < 4.78 is 1.48. The van der Waals surface area contributed by atoms with Gasteiger partial charge in [-0.2, -0.15) is 10.2 Å². The molecule has 1 amide bonds. The summed E-state index contributed by atoms with van der Waals surface area (Å²) in [4.78, 5) is 11.5. The molecule has 0 unspecified atom stereocenters. The average Bonchev–Trinajstić information content (AvgIpc) is 2.87. The molecule has 0 aliphatic carbocycles. The maximum absolute atomic E-state index is 11.5. The molecule has 0 aromatic carbocycles. The van der Waals surface area contributed by atoms with Crippen LogP contribution in [0.3, 0.4) is 0 Å². The third-order valence-corrected chi connectivity index (χ3v) is 1.99. The molecule has 0 fully saturated rings. The molecule has 2 aromatic heterocycles. The van der Waals surface area contributed by atoms with Gasteiger partial charge >= 0.3 is 0 Å². The number of nitrogens with one attached hydrogen (secondary N) is 2. The van der Waals surface area contributed by atoms with Gasteiger partial charge in [0.25, 0.3) is 0 Å². The standard InChI is InChI=1S/C9H12N6O/c10-7-3-13-15(5-7)6-9(16)11-4-8-1-2-12-14-8/h1-3,5H,4,6,10H2,(H,11,16)(H,12,14). The number of aromatic nitrogens is 4. The van der Waals surface area contributed by atoms with Crippen LogP contribution in [0.2, 0.25) is 0 Å². The predicted molar refractivity (Wildman–Crippen MR) is 57.1 cm³/mol. The lowest BCUT2D eigenvalue weighted by Crippen LogP contribution is -2.27. The van der Waals surface area contributed by atoms with E-state index >= 15 is 0 Å². The lowest BCUT2D eigenvalue weighted by molar-refractivity contribution is -0.122. The molecule has 7 nitrogen and oxygen atoms in total. The van der Waals surface area contributed by atoms with Crippen molar-refractivity contribution in [2.75, 3.05) is 5.73 Å². The average molecular weight is 220 g/mol. The van der Waals surface area contributed by atoms with Gasteiger partial charge in [-0.15, -0.1) is 0 Å². The molecule has 16 heavy (non-hydrogen) atoms. The molecule has 0 saturated carbocycles. The fourth-order valence-electron chi connectivity index (χ4n) is 1.25. The number of anilines is 1. The molecule has 84 valence electrons. The molecule has 0 aliphatic rings. The minimum Gasteiger partial charge on any atom is -0.396 e. The normalized spacial score (nSPS) is 10.2. The summed E-state index contributed by atoms with van der Waals surface area (Å²) in [6.45, 7) is 0.584. The summed E-state index contributed by atoms with van der Waals surface area (Å²) in [5.74, 6) is -0.127. The minimum atomic E-state index is -0.127. The number of hydrogen-bond donors (Lipinski definition) is 3. The second-order valence-corrected chi connectivity index (χ2v) is 3.33. The molecule has 0 bridgehead atoms. The molecule has 0 atom stereocenters. The Hall–Kier alpha value is -2.31. The minimum absolute atomic E-state index is 0.127. The van der Waals surface area contributed by atoms with E-state index in [1.54, 1.807) is 18.5 Å². The Morgan fingerprint density at radius 2 is 2.50 bits per heavy atom. The number of H-pyrrole nitrogens is 1. The van der Waals surface area contributed by atoms with Crippen molar-refractivity contribution >= 4 is 11.6 Å². The second kappa shape index (κ2) is 4.47. The van der Waals surface area contributed by atoms with E-state index in [4.69, 9.17) is 5.73 Å². The topological polar surface area (TPSA) is 102 Å². The van der Waals surface area contributed by atoms with E-state index in [0.717, 1.165) is 5.69 Å². The second-order valence-electron chi connectivity index (χ2n) is 3.33. The van der Waals surface area contributed by atoms with Crippen molar-refractivity contribution in [3.8, 4) is 0 Å². The van der Waals surface area contributed by atoms with E-state index in [2.05, 4.69) is 20.6 Å². The number of hydrogen-bond acceptors (Lipinski definition) is 4. The van der Waals surface area contributed by atoms with Gasteiger partial charge in [0.05, 0.1) is 24.1 Å². The van der Waals surface area contributed by atoms with Gasteiger partial charge in [-0.25, -0.2) is 0 Å². The van der Waals surface area contributed by atoms with Crippen molar-refractivity contribution in [3.63, 3.8) is 0 Å². The smallest absolute Gasteiger partial charge is 0.242 e. The van der Waals surface area contributed by atoms with Crippen LogP contribution in [0.15, 0.2) is 24.7 Å². The first kappa shape index (κ1) is 10.2. The van der Waals surface area contributed by atoms with Crippen LogP contribution in [0, 0.1) is 0 Å². The lowest BCUT2D eigenvalue weighted by atomic mass is 10.4. The zero-order valence-electron chi connectivity index (χ0n) is 8.55. The Balaban J connectivity index is 1.81. The highest BCUT2D eigenvalue weighted by atomic mass is 16.2. The van der Waals surface area contributed by atoms with Crippen LogP contribution in [0.5, 0.6) is 0 Å². The number of carbonyl (C=O) groups is 1. The van der Waals surface area contributed by atoms with Crippen LogP contribution in [0.4, 0.5) is 5.69 Å². The van der Waals surface area contributed by atoms with Gasteiger partial charge in [0.2, 0.25) is 5.91 Å². The number of amides is 1. The van der Waals surface area contributed by atoms with E-state index in [-0.39, 0.29) is 12.5 Å². The molecule has 0 spiro atoms. The number of nitrogens with two attached hydrogens (primary N) is 1. The van der Waals surface area contributed by atoms with Crippen LogP contribution in [-0.4, -0.2) is 25.9 Å². The van der Waals surface area contributed by atoms with E-state index in [0.29, 0.717) is 12.2 Å². The SMILES string of the molecule is Nc1cnn(CC(=O)NCc2ccn[nH]2)c1. The summed E-state index contributed by atoms with van der Waals surface area (Å²) in [6.07, 6.45) is 4.74. The molecule has 2 rings (SSSR count). The van der Waals surface area contributed by atoms with Gasteiger partial charge in [0.1, 0.15) is 6.54 Å². The van der Waals surface area contributed by atoms with Crippen LogP contribution in [0.1, 0.15) is 5.69 Å². The highest BCUT2D eigenvalue weighted by Gasteiger charge is 2.03. The molecule has 0 saturated heterocycles. The summed E-state index contributed by atoms with van der Waals surface area (Å²) in [5, 5.41) is 13.2. The molecular weight excluding hydrogens is 208 g/mol. The Morgan fingerprint density at radius 1 is 1.62 bits per heavy atom. The molecule has 7 heteroatoms. The van der Waals surface area contributed by atoms with Gasteiger partial charge in [-0.1, -0.05) is 0 Å². The molecule has 2 heterocycles. The quantitative estimate of drug-likeness (QED) is 0.646. The van der Waals surface area contributed by atoms with Crippen molar-refractivity contribution in [2.24, 2.45) is 0 Å². The maximum atomic E-state index is 11.5. The zero-order valence-corrected chi connectivity index (χ0v) is 8.55. The highest BCUT2D eigenvalue weighted by molar-refractivity contribution is 5.75. The van der Waals surface area contributed by atoms with Crippen molar-refractivity contribution in [3.05, 3.63) is 30.4 Å². The van der Waals surface area contributed by atoms with Crippen LogP contribution < -0.4 is 11.1 Å². The first-order valence-electron chi connectivity index (χ1n) is 4.77. The summed E-state index contributed by atoms with van der Waals surface area (Å²) >= 11 is 0. The van der Waals surface area contributed by atoms with Gasteiger partial charge < -0.3 is 11.1 Å². The lowest BCUT2D eigenvalue weighted by Gasteiger charge is -2.03. The largest absolute Gasteiger partial charge is 0.396 e. The Kier molecular flexibility index (Phi) is 2.86. The van der Waals surface area contributed by atoms with Crippen molar-refractivity contribution < 1.29 is 4.79 Å². The van der Waals surface area contributed by atoms with Crippen LogP contribution in [-0.2, 0) is 17.9 Å². The molecule has 0 radical (unpaired) electrons. The Bertz CT molecular complexity index is 460. The van der Waals surface area contributed by atoms with Gasteiger partial charge in [0, 0.05) is 12.4 Å². The Labute approximate surface area is 91.6 Å². The van der Waals surface area contributed by atoms with E-state index in [1.165, 1.54) is 10.9 Å².